The molecule has 1 aromatic rings. The molecule has 1 spiro atoms. The molecule has 2 aliphatic heterocycles. The van der Waals surface area contributed by atoms with E-state index in [2.05, 4.69) is 35.6 Å². The molecule has 164 valence electrons. The molecule has 0 aromatic heterocycles. The summed E-state index contributed by atoms with van der Waals surface area (Å²) < 4.78 is 12.0. The van der Waals surface area contributed by atoms with Crippen molar-refractivity contribution in [3.05, 3.63) is 35.9 Å². The number of benzene rings is 1. The molecule has 0 unspecified atom stereocenters. The number of nitrogens with one attached hydrogen (secondary N) is 1. The fourth-order valence-corrected chi connectivity index (χ4v) is 5.51. The van der Waals surface area contributed by atoms with Crippen LogP contribution in [0.2, 0.25) is 0 Å². The number of ether oxygens (including phenoxy) is 2. The predicted octanol–water partition coefficient (Wildman–Crippen LogP) is 3.51. The minimum Gasteiger partial charge on any atom is -0.376 e. The second-order valence-corrected chi connectivity index (χ2v) is 9.08. The number of likely N-dealkylation sites (tertiary alicyclic amines) is 1. The van der Waals surface area contributed by atoms with Crippen molar-refractivity contribution in [3.63, 3.8) is 0 Å². The lowest BCUT2D eigenvalue weighted by molar-refractivity contribution is -0.138. The van der Waals surface area contributed by atoms with E-state index >= 15 is 0 Å². The second-order valence-electron chi connectivity index (χ2n) is 9.08. The van der Waals surface area contributed by atoms with Gasteiger partial charge in [-0.3, -0.25) is 4.79 Å². The number of hydrogen-bond donors (Lipinski definition) is 1. The Morgan fingerprint density at radius 1 is 1.23 bits per heavy atom. The molecule has 1 aromatic carbocycles. The summed E-state index contributed by atoms with van der Waals surface area (Å²) in [5, 5.41) is 2.92. The van der Waals surface area contributed by atoms with Gasteiger partial charge in [0.15, 0.2) is 5.78 Å². The largest absolute Gasteiger partial charge is 0.376 e. The van der Waals surface area contributed by atoms with Crippen molar-refractivity contribution in [3.8, 4) is 0 Å². The summed E-state index contributed by atoms with van der Waals surface area (Å²) in [6.07, 6.45) is 5.84. The summed E-state index contributed by atoms with van der Waals surface area (Å²) in [4.78, 5) is 26.7. The molecule has 6 heteroatoms. The lowest BCUT2D eigenvalue weighted by Gasteiger charge is -2.40. The zero-order valence-electron chi connectivity index (χ0n) is 18.0. The van der Waals surface area contributed by atoms with Crippen LogP contribution < -0.4 is 5.32 Å². The van der Waals surface area contributed by atoms with E-state index in [0.29, 0.717) is 38.6 Å². The van der Waals surface area contributed by atoms with Gasteiger partial charge in [-0.1, -0.05) is 30.3 Å². The van der Waals surface area contributed by atoms with Crippen molar-refractivity contribution in [2.45, 2.75) is 63.5 Å². The maximum atomic E-state index is 12.6. The SMILES string of the molecule is CCNC(=O)N1CC[C@]2(COCC(=O)C2)[C@H]1COC1CCC(c2ccccc2)CC1. The minimum absolute atomic E-state index is 0.0613. The number of nitrogens with zero attached hydrogens (tertiary/aromatic N) is 1. The van der Waals surface area contributed by atoms with E-state index in [1.54, 1.807) is 0 Å². The van der Waals surface area contributed by atoms with E-state index < -0.39 is 0 Å². The average Bonchev–Trinajstić information content (AvgIpc) is 3.10. The zero-order chi connectivity index (χ0) is 21.0. The molecule has 1 saturated carbocycles. The van der Waals surface area contributed by atoms with Crippen molar-refractivity contribution in [1.29, 1.82) is 0 Å². The first kappa shape index (κ1) is 21.3. The molecule has 4 rings (SSSR count). The van der Waals surface area contributed by atoms with E-state index in [4.69, 9.17) is 9.47 Å². The number of urea groups is 1. The second kappa shape index (κ2) is 9.48. The molecular formula is C24H34N2O4. The van der Waals surface area contributed by atoms with Crippen LogP contribution >= 0.6 is 0 Å². The van der Waals surface area contributed by atoms with Crippen molar-refractivity contribution in [2.75, 3.05) is 32.9 Å². The summed E-state index contributed by atoms with van der Waals surface area (Å²) in [7, 11) is 0. The Morgan fingerprint density at radius 2 is 2.00 bits per heavy atom. The van der Waals surface area contributed by atoms with Crippen LogP contribution in [0.5, 0.6) is 0 Å². The van der Waals surface area contributed by atoms with Crippen LogP contribution in [0.3, 0.4) is 0 Å². The van der Waals surface area contributed by atoms with Gasteiger partial charge in [0.1, 0.15) is 6.61 Å². The van der Waals surface area contributed by atoms with Crippen LogP contribution in [0.1, 0.15) is 56.9 Å². The summed E-state index contributed by atoms with van der Waals surface area (Å²) in [6, 6.07) is 10.6. The Morgan fingerprint density at radius 3 is 2.70 bits per heavy atom. The van der Waals surface area contributed by atoms with Gasteiger partial charge in [-0.25, -0.2) is 4.79 Å². The third kappa shape index (κ3) is 4.54. The van der Waals surface area contributed by atoms with Gasteiger partial charge >= 0.3 is 6.03 Å². The summed E-state index contributed by atoms with van der Waals surface area (Å²) in [6.45, 7) is 4.37. The average molecular weight is 415 g/mol. The molecular weight excluding hydrogens is 380 g/mol. The monoisotopic (exact) mass is 414 g/mol. The van der Waals surface area contributed by atoms with Crippen LogP contribution in [-0.2, 0) is 14.3 Å². The molecule has 3 fully saturated rings. The van der Waals surface area contributed by atoms with E-state index in [0.717, 1.165) is 32.1 Å². The van der Waals surface area contributed by atoms with Gasteiger partial charge in [-0.05, 0) is 50.5 Å². The molecule has 1 N–H and O–H groups in total. The highest BCUT2D eigenvalue weighted by molar-refractivity contribution is 5.82. The molecule has 30 heavy (non-hydrogen) atoms. The number of Topliss-reactive ketones (excluding diaryl/α,β-unsaturated/α-hetero) is 1. The smallest absolute Gasteiger partial charge is 0.317 e. The quantitative estimate of drug-likeness (QED) is 0.801. The Labute approximate surface area is 179 Å². The van der Waals surface area contributed by atoms with Crippen molar-refractivity contribution in [1.82, 2.24) is 10.2 Å². The zero-order valence-corrected chi connectivity index (χ0v) is 18.0. The Bertz CT molecular complexity index is 732. The lowest BCUT2D eigenvalue weighted by atomic mass is 9.75. The first-order valence-electron chi connectivity index (χ1n) is 11.4. The van der Waals surface area contributed by atoms with Crippen LogP contribution in [0.25, 0.3) is 0 Å². The van der Waals surface area contributed by atoms with Crippen molar-refractivity contribution in [2.24, 2.45) is 5.41 Å². The van der Waals surface area contributed by atoms with Gasteiger partial charge in [-0.2, -0.15) is 0 Å². The van der Waals surface area contributed by atoms with Crippen LogP contribution in [-0.4, -0.2) is 61.8 Å². The fourth-order valence-electron chi connectivity index (χ4n) is 5.51. The number of carbonyl (C=O) groups is 2. The maximum Gasteiger partial charge on any atom is 0.317 e. The fraction of sp³-hybridized carbons (Fsp3) is 0.667. The lowest BCUT2D eigenvalue weighted by Crippen LogP contribution is -2.53. The third-order valence-electron chi connectivity index (χ3n) is 7.16. The molecule has 1 aliphatic carbocycles. The van der Waals surface area contributed by atoms with E-state index in [1.165, 1.54) is 5.56 Å². The topological polar surface area (TPSA) is 67.9 Å². The number of amides is 2. The highest BCUT2D eigenvalue weighted by Gasteiger charge is 2.52. The predicted molar refractivity (Wildman–Crippen MR) is 114 cm³/mol. The molecule has 2 heterocycles. The van der Waals surface area contributed by atoms with Crippen molar-refractivity contribution < 1.29 is 19.1 Å². The molecule has 2 atom stereocenters. The van der Waals surface area contributed by atoms with E-state index in [-0.39, 0.29) is 36.0 Å². The van der Waals surface area contributed by atoms with Gasteiger partial charge in [0, 0.05) is 24.9 Å². The van der Waals surface area contributed by atoms with Gasteiger partial charge in [-0.15, -0.1) is 0 Å². The number of carbonyl (C=O) groups excluding carboxylic acids is 2. The third-order valence-corrected chi connectivity index (χ3v) is 7.16. The highest BCUT2D eigenvalue weighted by Crippen LogP contribution is 2.43. The van der Waals surface area contributed by atoms with E-state index in [9.17, 15) is 9.59 Å². The highest BCUT2D eigenvalue weighted by atomic mass is 16.5. The van der Waals surface area contributed by atoms with Gasteiger partial charge in [0.25, 0.3) is 0 Å². The molecule has 2 amide bonds. The molecule has 0 radical (unpaired) electrons. The van der Waals surface area contributed by atoms with Gasteiger partial charge in [0.05, 0.1) is 25.4 Å². The molecule has 3 aliphatic rings. The summed E-state index contributed by atoms with van der Waals surface area (Å²) >= 11 is 0. The van der Waals surface area contributed by atoms with Gasteiger partial charge in [0.2, 0.25) is 0 Å². The first-order chi connectivity index (χ1) is 14.6. The molecule has 2 saturated heterocycles. The molecule has 6 nitrogen and oxygen atoms in total. The number of hydrogen-bond acceptors (Lipinski definition) is 4. The normalized spacial score (nSPS) is 31.8. The molecule has 0 bridgehead atoms. The summed E-state index contributed by atoms with van der Waals surface area (Å²) in [5.74, 6) is 0.743. The van der Waals surface area contributed by atoms with Crippen LogP contribution in [0.4, 0.5) is 4.79 Å². The first-order valence-corrected chi connectivity index (χ1v) is 11.4. The Balaban J connectivity index is 1.38. The maximum absolute atomic E-state index is 12.6. The van der Waals surface area contributed by atoms with Gasteiger partial charge < -0.3 is 19.7 Å². The van der Waals surface area contributed by atoms with Crippen LogP contribution in [0, 0.1) is 5.41 Å². The standard InChI is InChI=1S/C24H34N2O4/c1-2-25-23(28)26-13-12-24(14-20(27)15-29-17-24)22(26)16-30-21-10-8-19(9-11-21)18-6-4-3-5-7-18/h3-7,19,21-22H,2,8-17H2,1H3,(H,25,28)/t19?,21?,22-,24+/m1/s1. The Hall–Kier alpha value is -1.92. The van der Waals surface area contributed by atoms with Crippen LogP contribution in [0.15, 0.2) is 30.3 Å². The minimum atomic E-state index is -0.304. The Kier molecular flexibility index (Phi) is 6.74. The summed E-state index contributed by atoms with van der Waals surface area (Å²) in [5.41, 5.74) is 1.12. The van der Waals surface area contributed by atoms with Crippen molar-refractivity contribution >= 4 is 11.8 Å². The van der Waals surface area contributed by atoms with E-state index in [1.807, 2.05) is 11.8 Å². The number of ketones is 1. The number of rotatable bonds is 5.